The number of amides is 1. The normalized spacial score (nSPS) is 18.0. The number of carbonyl (C=O) groups is 2. The summed E-state index contributed by atoms with van der Waals surface area (Å²) < 4.78 is 17.0. The van der Waals surface area contributed by atoms with Gasteiger partial charge in [-0.05, 0) is 11.4 Å². The van der Waals surface area contributed by atoms with Crippen LogP contribution in [0.5, 0.6) is 17.2 Å². The lowest BCUT2D eigenvalue weighted by Gasteiger charge is -2.44. The molecular formula is C20H21NO5S. The molecule has 0 unspecified atom stereocenters. The minimum atomic E-state index is -0.576. The fourth-order valence-corrected chi connectivity index (χ4v) is 4.49. The smallest absolute Gasteiger partial charge is 0.263 e. The van der Waals surface area contributed by atoms with Gasteiger partial charge >= 0.3 is 0 Å². The van der Waals surface area contributed by atoms with Crippen LogP contribution < -0.4 is 14.2 Å². The van der Waals surface area contributed by atoms with Crippen molar-refractivity contribution in [1.29, 1.82) is 0 Å². The molecule has 1 fully saturated rings. The number of fused-ring (bicyclic) bond motifs is 1. The molecule has 1 saturated heterocycles. The zero-order valence-corrected chi connectivity index (χ0v) is 16.1. The van der Waals surface area contributed by atoms with Crippen molar-refractivity contribution in [2.24, 2.45) is 0 Å². The van der Waals surface area contributed by atoms with E-state index in [1.165, 1.54) is 18.4 Å². The van der Waals surface area contributed by atoms with Crippen LogP contribution in [0.4, 0.5) is 0 Å². The number of hydrogen-bond acceptors (Lipinski definition) is 6. The molecule has 142 valence electrons. The molecule has 0 N–H and O–H groups in total. The topological polar surface area (TPSA) is 65.1 Å². The Kier molecular flexibility index (Phi) is 4.55. The second-order valence-electron chi connectivity index (χ2n) is 6.86. The van der Waals surface area contributed by atoms with Gasteiger partial charge in [0, 0.05) is 38.1 Å². The Morgan fingerprint density at radius 2 is 2.00 bits per heavy atom. The number of likely N-dealkylation sites (tertiary alicyclic amines) is 1. The summed E-state index contributed by atoms with van der Waals surface area (Å²) in [7, 11) is 3.09. The summed E-state index contributed by atoms with van der Waals surface area (Å²) in [6, 6.07) is 7.15. The Morgan fingerprint density at radius 3 is 2.63 bits per heavy atom. The van der Waals surface area contributed by atoms with Gasteiger partial charge in [0.05, 0.1) is 25.5 Å². The number of Topliss-reactive ketones (excluding diaryl/α,β-unsaturated/α-hetero) is 1. The van der Waals surface area contributed by atoms with E-state index in [9.17, 15) is 9.59 Å². The summed E-state index contributed by atoms with van der Waals surface area (Å²) in [5.41, 5.74) is -0.103. The van der Waals surface area contributed by atoms with Gasteiger partial charge in [0.2, 0.25) is 0 Å². The molecule has 3 heterocycles. The molecule has 0 bridgehead atoms. The highest BCUT2D eigenvalue weighted by atomic mass is 32.1. The summed E-state index contributed by atoms with van der Waals surface area (Å²) in [5.74, 6) is 1.61. The van der Waals surface area contributed by atoms with Gasteiger partial charge in [-0.1, -0.05) is 6.07 Å². The molecule has 1 spiro atoms. The van der Waals surface area contributed by atoms with Gasteiger partial charge in [-0.2, -0.15) is 0 Å². The third-order valence-electron chi connectivity index (χ3n) is 5.28. The molecule has 2 aliphatic heterocycles. The largest absolute Gasteiger partial charge is 0.496 e. The molecule has 0 radical (unpaired) electrons. The molecule has 7 heteroatoms. The van der Waals surface area contributed by atoms with E-state index in [4.69, 9.17) is 14.2 Å². The van der Waals surface area contributed by atoms with Gasteiger partial charge in [-0.25, -0.2) is 0 Å². The van der Waals surface area contributed by atoms with Gasteiger partial charge in [-0.3, -0.25) is 9.59 Å². The van der Waals surface area contributed by atoms with Crippen molar-refractivity contribution in [3.8, 4) is 17.2 Å². The number of benzene rings is 1. The fourth-order valence-electron chi connectivity index (χ4n) is 3.80. The maximum atomic E-state index is 12.9. The average molecular weight is 387 g/mol. The quantitative estimate of drug-likeness (QED) is 0.808. The molecular weight excluding hydrogens is 366 g/mol. The molecule has 1 aromatic heterocycles. The maximum absolute atomic E-state index is 12.9. The van der Waals surface area contributed by atoms with E-state index in [1.54, 1.807) is 19.2 Å². The molecule has 0 atom stereocenters. The molecule has 1 aromatic carbocycles. The van der Waals surface area contributed by atoms with Gasteiger partial charge in [-0.15, -0.1) is 11.3 Å². The first-order valence-corrected chi connectivity index (χ1v) is 9.74. The Balaban J connectivity index is 1.55. The molecule has 4 rings (SSSR count). The third kappa shape index (κ3) is 3.16. The average Bonchev–Trinajstić information content (AvgIpc) is 3.21. The third-order valence-corrected chi connectivity index (χ3v) is 6.13. The molecule has 2 aromatic rings. The van der Waals surface area contributed by atoms with Gasteiger partial charge in [0.1, 0.15) is 28.4 Å². The number of ketones is 1. The standard InChI is InChI=1S/C20H21NO5S/c1-24-13-10-15(25-2)18-14(22)12-20(26-16(18)11-13)5-7-21(8-6-20)19(23)17-4-3-9-27-17/h3-4,9-11H,5-8,12H2,1-2H3. The second kappa shape index (κ2) is 6.88. The van der Waals surface area contributed by atoms with Gasteiger partial charge in [0.25, 0.3) is 5.91 Å². The number of piperidine rings is 1. The van der Waals surface area contributed by atoms with Gasteiger partial charge < -0.3 is 19.1 Å². The van der Waals surface area contributed by atoms with Crippen molar-refractivity contribution in [2.45, 2.75) is 24.9 Å². The van der Waals surface area contributed by atoms with E-state index in [-0.39, 0.29) is 11.7 Å². The number of rotatable bonds is 3. The summed E-state index contributed by atoms with van der Waals surface area (Å²) in [5, 5.41) is 1.90. The Labute approximate surface area is 161 Å². The second-order valence-corrected chi connectivity index (χ2v) is 7.81. The van der Waals surface area contributed by atoms with E-state index in [1.807, 2.05) is 22.4 Å². The first-order chi connectivity index (χ1) is 13.0. The molecule has 0 aliphatic carbocycles. The zero-order chi connectivity index (χ0) is 19.0. The van der Waals surface area contributed by atoms with Crippen molar-refractivity contribution < 1.29 is 23.8 Å². The van der Waals surface area contributed by atoms with Crippen LogP contribution in [0.3, 0.4) is 0 Å². The summed E-state index contributed by atoms with van der Waals surface area (Å²) in [4.78, 5) is 28.0. The number of methoxy groups -OCH3 is 2. The highest BCUT2D eigenvalue weighted by Gasteiger charge is 2.45. The van der Waals surface area contributed by atoms with Crippen LogP contribution in [-0.4, -0.2) is 49.5 Å². The van der Waals surface area contributed by atoms with Crippen LogP contribution in [0, 0.1) is 0 Å². The first kappa shape index (κ1) is 17.9. The Morgan fingerprint density at radius 1 is 1.22 bits per heavy atom. The molecule has 0 saturated carbocycles. The number of hydrogen-bond donors (Lipinski definition) is 0. The fraction of sp³-hybridized carbons (Fsp3) is 0.400. The molecule has 2 aliphatic rings. The van der Waals surface area contributed by atoms with Crippen molar-refractivity contribution in [2.75, 3.05) is 27.3 Å². The van der Waals surface area contributed by atoms with Crippen molar-refractivity contribution in [1.82, 2.24) is 4.90 Å². The highest BCUT2D eigenvalue weighted by molar-refractivity contribution is 7.12. The number of carbonyl (C=O) groups excluding carboxylic acids is 2. The molecule has 6 nitrogen and oxygen atoms in total. The lowest BCUT2D eigenvalue weighted by molar-refractivity contribution is -0.00598. The highest BCUT2D eigenvalue weighted by Crippen LogP contribution is 2.44. The summed E-state index contributed by atoms with van der Waals surface area (Å²) >= 11 is 1.45. The lowest BCUT2D eigenvalue weighted by atomic mass is 9.82. The van der Waals surface area contributed by atoms with Crippen molar-refractivity contribution in [3.05, 3.63) is 40.1 Å². The van der Waals surface area contributed by atoms with Crippen LogP contribution in [0.15, 0.2) is 29.6 Å². The lowest BCUT2D eigenvalue weighted by Crippen LogP contribution is -2.52. The monoisotopic (exact) mass is 387 g/mol. The van der Waals surface area contributed by atoms with E-state index in [0.29, 0.717) is 55.2 Å². The molecule has 1 amide bonds. The Bertz CT molecular complexity index is 869. The Hall–Kier alpha value is -2.54. The number of nitrogens with zero attached hydrogens (tertiary/aromatic N) is 1. The zero-order valence-electron chi connectivity index (χ0n) is 15.3. The van der Waals surface area contributed by atoms with Gasteiger partial charge in [0.15, 0.2) is 5.78 Å². The van der Waals surface area contributed by atoms with Crippen molar-refractivity contribution >= 4 is 23.0 Å². The van der Waals surface area contributed by atoms with Crippen LogP contribution >= 0.6 is 11.3 Å². The van der Waals surface area contributed by atoms with Crippen LogP contribution in [0.2, 0.25) is 0 Å². The van der Waals surface area contributed by atoms with Crippen LogP contribution in [0.25, 0.3) is 0 Å². The molecule has 27 heavy (non-hydrogen) atoms. The predicted molar refractivity (Wildman–Crippen MR) is 101 cm³/mol. The van der Waals surface area contributed by atoms with Crippen molar-refractivity contribution in [3.63, 3.8) is 0 Å². The van der Waals surface area contributed by atoms with E-state index in [2.05, 4.69) is 0 Å². The maximum Gasteiger partial charge on any atom is 0.263 e. The number of thiophene rings is 1. The minimum Gasteiger partial charge on any atom is -0.496 e. The predicted octanol–water partition coefficient (Wildman–Crippen LogP) is 3.41. The first-order valence-electron chi connectivity index (χ1n) is 8.86. The SMILES string of the molecule is COc1cc(OC)c2c(c1)OC1(CCN(C(=O)c3cccs3)CC1)CC2=O. The summed E-state index contributed by atoms with van der Waals surface area (Å²) in [6.45, 7) is 1.14. The van der Waals surface area contributed by atoms with Crippen LogP contribution in [0.1, 0.15) is 39.3 Å². The minimum absolute atomic E-state index is 0.00814. The van der Waals surface area contributed by atoms with E-state index >= 15 is 0 Å². The summed E-state index contributed by atoms with van der Waals surface area (Å²) in [6.07, 6.45) is 1.54. The van der Waals surface area contributed by atoms with E-state index in [0.717, 1.165) is 4.88 Å². The number of ether oxygens (including phenoxy) is 3. The van der Waals surface area contributed by atoms with E-state index < -0.39 is 5.60 Å². The van der Waals surface area contributed by atoms with Crippen LogP contribution in [-0.2, 0) is 0 Å².